The van der Waals surface area contributed by atoms with Crippen LogP contribution in [0.5, 0.6) is 0 Å². The molecule has 0 aliphatic carbocycles. The van der Waals surface area contributed by atoms with E-state index in [0.717, 1.165) is 5.56 Å². The van der Waals surface area contributed by atoms with E-state index in [0.29, 0.717) is 17.1 Å². The maximum atomic E-state index is 11.9. The first kappa shape index (κ1) is 15.1. The number of para-hydroxylation sites is 1. The fourth-order valence-corrected chi connectivity index (χ4v) is 2.17. The zero-order valence-corrected chi connectivity index (χ0v) is 11.9. The van der Waals surface area contributed by atoms with Crippen molar-refractivity contribution >= 4 is 29.2 Å². The number of aryl methyl sites for hydroxylation is 1. The van der Waals surface area contributed by atoms with Crippen molar-refractivity contribution in [3.8, 4) is 0 Å². The highest BCUT2D eigenvalue weighted by atomic mass is 35.5. The van der Waals surface area contributed by atoms with Crippen LogP contribution < -0.4 is 5.32 Å². The summed E-state index contributed by atoms with van der Waals surface area (Å²) in [5, 5.41) is 12.3. The van der Waals surface area contributed by atoms with Crippen molar-refractivity contribution in [2.45, 2.75) is 12.8 Å². The first-order valence-electron chi connectivity index (χ1n) is 6.43. The number of anilines is 1. The molecule has 2 aromatic carbocycles. The molecule has 0 saturated heterocycles. The van der Waals surface area contributed by atoms with Gasteiger partial charge in [-0.2, -0.15) is 0 Å². The molecule has 0 heterocycles. The van der Waals surface area contributed by atoms with E-state index in [1.165, 1.54) is 6.07 Å². The van der Waals surface area contributed by atoms with E-state index in [1.807, 2.05) is 18.2 Å². The maximum absolute atomic E-state index is 11.9. The number of carbonyl (C=O) groups is 2. The van der Waals surface area contributed by atoms with Gasteiger partial charge in [0.1, 0.15) is 0 Å². The third kappa shape index (κ3) is 4.07. The van der Waals surface area contributed by atoms with Crippen molar-refractivity contribution in [2.24, 2.45) is 0 Å². The molecule has 2 aromatic rings. The average molecular weight is 304 g/mol. The van der Waals surface area contributed by atoms with Gasteiger partial charge in [0.05, 0.1) is 11.3 Å². The van der Waals surface area contributed by atoms with E-state index in [2.05, 4.69) is 5.32 Å². The highest BCUT2D eigenvalue weighted by Gasteiger charge is 2.12. The number of carbonyl (C=O) groups excluding carboxylic acids is 1. The number of aromatic carboxylic acids is 1. The van der Waals surface area contributed by atoms with Crippen LogP contribution in [-0.2, 0) is 11.2 Å². The molecule has 0 unspecified atom stereocenters. The predicted molar refractivity (Wildman–Crippen MR) is 81.8 cm³/mol. The van der Waals surface area contributed by atoms with Gasteiger partial charge in [0.25, 0.3) is 0 Å². The Hall–Kier alpha value is -2.33. The number of amides is 1. The van der Waals surface area contributed by atoms with Crippen LogP contribution in [0.25, 0.3) is 0 Å². The van der Waals surface area contributed by atoms with E-state index >= 15 is 0 Å². The Bertz CT molecular complexity index is 670. The number of halogens is 1. The van der Waals surface area contributed by atoms with Crippen molar-refractivity contribution < 1.29 is 14.7 Å². The number of carboxylic acids is 1. The predicted octanol–water partition coefficient (Wildman–Crippen LogP) is 3.61. The topological polar surface area (TPSA) is 66.4 Å². The lowest BCUT2D eigenvalue weighted by atomic mass is 10.1. The van der Waals surface area contributed by atoms with E-state index in [9.17, 15) is 9.59 Å². The van der Waals surface area contributed by atoms with Gasteiger partial charge in [-0.15, -0.1) is 0 Å². The van der Waals surface area contributed by atoms with Gasteiger partial charge in [0.15, 0.2) is 0 Å². The quantitative estimate of drug-likeness (QED) is 0.886. The second kappa shape index (κ2) is 6.90. The molecule has 0 aliphatic heterocycles. The van der Waals surface area contributed by atoms with Gasteiger partial charge in [-0.05, 0) is 30.2 Å². The first-order chi connectivity index (χ1) is 10.1. The number of rotatable bonds is 5. The molecule has 5 heteroatoms. The van der Waals surface area contributed by atoms with Crippen LogP contribution >= 0.6 is 11.6 Å². The second-order valence-electron chi connectivity index (χ2n) is 4.49. The smallest absolute Gasteiger partial charge is 0.337 e. The lowest BCUT2D eigenvalue weighted by molar-refractivity contribution is -0.116. The summed E-state index contributed by atoms with van der Waals surface area (Å²) in [6.45, 7) is 0. The Balaban J connectivity index is 2.00. The standard InChI is InChI=1S/C16H14ClNO3/c17-13-7-3-1-5-11(13)9-10-15(19)18-14-8-4-2-6-12(14)16(20)21/h1-8H,9-10H2,(H,18,19)(H,20,21). The van der Waals surface area contributed by atoms with E-state index < -0.39 is 5.97 Å². The summed E-state index contributed by atoms with van der Waals surface area (Å²) in [5.74, 6) is -1.32. The Kier molecular flexibility index (Phi) is 4.95. The Morgan fingerprint density at radius 2 is 1.71 bits per heavy atom. The highest BCUT2D eigenvalue weighted by molar-refractivity contribution is 6.31. The average Bonchev–Trinajstić information content (AvgIpc) is 2.47. The third-order valence-electron chi connectivity index (χ3n) is 3.01. The fraction of sp³-hybridized carbons (Fsp3) is 0.125. The molecule has 1 amide bonds. The van der Waals surface area contributed by atoms with E-state index in [-0.39, 0.29) is 17.9 Å². The van der Waals surface area contributed by atoms with E-state index in [1.54, 1.807) is 24.3 Å². The number of benzene rings is 2. The normalized spacial score (nSPS) is 10.1. The van der Waals surface area contributed by atoms with Crippen LogP contribution in [0.4, 0.5) is 5.69 Å². The molecule has 21 heavy (non-hydrogen) atoms. The van der Waals surface area contributed by atoms with Crippen molar-refractivity contribution in [1.82, 2.24) is 0 Å². The van der Waals surface area contributed by atoms with Crippen LogP contribution in [0, 0.1) is 0 Å². The van der Waals surface area contributed by atoms with Crippen LogP contribution in [-0.4, -0.2) is 17.0 Å². The summed E-state index contributed by atoms with van der Waals surface area (Å²) in [5.41, 5.74) is 1.26. The minimum atomic E-state index is -1.07. The van der Waals surface area contributed by atoms with Gasteiger partial charge in [-0.25, -0.2) is 4.79 Å². The molecule has 0 atom stereocenters. The van der Waals surface area contributed by atoms with Crippen molar-refractivity contribution in [3.63, 3.8) is 0 Å². The van der Waals surface area contributed by atoms with Gasteiger partial charge in [-0.1, -0.05) is 41.9 Å². The Morgan fingerprint density at radius 3 is 2.43 bits per heavy atom. The second-order valence-corrected chi connectivity index (χ2v) is 4.90. The molecule has 0 aromatic heterocycles. The summed E-state index contributed by atoms with van der Waals surface area (Å²) in [6.07, 6.45) is 0.735. The van der Waals surface area contributed by atoms with Crippen LogP contribution in [0.1, 0.15) is 22.3 Å². The molecule has 108 valence electrons. The molecular formula is C16H14ClNO3. The number of hydrogen-bond acceptors (Lipinski definition) is 2. The number of nitrogens with one attached hydrogen (secondary N) is 1. The summed E-state index contributed by atoms with van der Waals surface area (Å²) >= 11 is 6.03. The minimum absolute atomic E-state index is 0.0728. The molecule has 4 nitrogen and oxygen atoms in total. The molecular weight excluding hydrogens is 290 g/mol. The molecule has 0 bridgehead atoms. The lowest BCUT2D eigenvalue weighted by Crippen LogP contribution is -2.15. The number of hydrogen-bond donors (Lipinski definition) is 2. The largest absolute Gasteiger partial charge is 0.478 e. The maximum Gasteiger partial charge on any atom is 0.337 e. The Labute approximate surface area is 127 Å². The molecule has 0 radical (unpaired) electrons. The Morgan fingerprint density at radius 1 is 1.05 bits per heavy atom. The molecule has 0 saturated carbocycles. The fourth-order valence-electron chi connectivity index (χ4n) is 1.94. The van der Waals surface area contributed by atoms with Crippen LogP contribution in [0.15, 0.2) is 48.5 Å². The van der Waals surface area contributed by atoms with Gasteiger partial charge in [0, 0.05) is 11.4 Å². The molecule has 0 fully saturated rings. The first-order valence-corrected chi connectivity index (χ1v) is 6.81. The van der Waals surface area contributed by atoms with Gasteiger partial charge >= 0.3 is 5.97 Å². The van der Waals surface area contributed by atoms with Crippen molar-refractivity contribution in [3.05, 3.63) is 64.7 Å². The van der Waals surface area contributed by atoms with Crippen LogP contribution in [0.3, 0.4) is 0 Å². The number of carboxylic acid groups (broad SMARTS) is 1. The molecule has 0 spiro atoms. The zero-order valence-electron chi connectivity index (χ0n) is 11.2. The van der Waals surface area contributed by atoms with Gasteiger partial charge in [0.2, 0.25) is 5.91 Å². The van der Waals surface area contributed by atoms with Crippen molar-refractivity contribution in [1.29, 1.82) is 0 Å². The zero-order chi connectivity index (χ0) is 15.2. The molecule has 2 N–H and O–H groups in total. The van der Waals surface area contributed by atoms with Crippen molar-refractivity contribution in [2.75, 3.05) is 5.32 Å². The third-order valence-corrected chi connectivity index (χ3v) is 3.38. The minimum Gasteiger partial charge on any atom is -0.478 e. The highest BCUT2D eigenvalue weighted by Crippen LogP contribution is 2.18. The summed E-state index contributed by atoms with van der Waals surface area (Å²) in [7, 11) is 0. The summed E-state index contributed by atoms with van der Waals surface area (Å²) < 4.78 is 0. The van der Waals surface area contributed by atoms with E-state index in [4.69, 9.17) is 16.7 Å². The van der Waals surface area contributed by atoms with Gasteiger partial charge < -0.3 is 10.4 Å². The van der Waals surface area contributed by atoms with Crippen LogP contribution in [0.2, 0.25) is 5.02 Å². The summed E-state index contributed by atoms with van der Waals surface area (Å²) in [4.78, 5) is 23.0. The SMILES string of the molecule is O=C(CCc1ccccc1Cl)Nc1ccccc1C(=O)O. The monoisotopic (exact) mass is 303 g/mol. The lowest BCUT2D eigenvalue weighted by Gasteiger charge is -2.08. The van der Waals surface area contributed by atoms with Gasteiger partial charge in [-0.3, -0.25) is 4.79 Å². The molecule has 0 aliphatic rings. The molecule has 2 rings (SSSR count). The summed E-state index contributed by atoms with van der Waals surface area (Å²) in [6, 6.07) is 13.6.